The molecule has 3 N–H and O–H groups in total. The van der Waals surface area contributed by atoms with Crippen molar-refractivity contribution >= 4 is 11.6 Å². The average Bonchev–Trinajstić information content (AvgIpc) is 2.29. The maximum Gasteiger partial charge on any atom is 0.239 e. The predicted octanol–water partition coefficient (Wildman–Crippen LogP) is 0.642. The van der Waals surface area contributed by atoms with Crippen LogP contribution in [-0.4, -0.2) is 25.5 Å². The molecule has 1 atom stereocenters. The lowest BCUT2D eigenvalue weighted by atomic mass is 10.1. The van der Waals surface area contributed by atoms with Gasteiger partial charge in [0.25, 0.3) is 0 Å². The zero-order valence-electron chi connectivity index (χ0n) is 9.44. The smallest absolute Gasteiger partial charge is 0.239 e. The SMILES string of the molecule is C[C@@H](N)c1ccccc1N1CCNC(=O)C1. The first kappa shape index (κ1) is 11.0. The lowest BCUT2D eigenvalue weighted by Crippen LogP contribution is -2.48. The van der Waals surface area contributed by atoms with E-state index < -0.39 is 0 Å². The van der Waals surface area contributed by atoms with E-state index in [1.165, 1.54) is 0 Å². The van der Waals surface area contributed by atoms with Crippen molar-refractivity contribution in [3.05, 3.63) is 29.8 Å². The number of carbonyl (C=O) groups excluding carboxylic acids is 1. The largest absolute Gasteiger partial charge is 0.360 e. The molecule has 1 saturated heterocycles. The van der Waals surface area contributed by atoms with E-state index in [2.05, 4.69) is 10.2 Å². The standard InChI is InChI=1S/C12H17N3O/c1-9(13)10-4-2-3-5-11(10)15-7-6-14-12(16)8-15/h2-5,9H,6-8,13H2,1H3,(H,14,16)/t9-/m1/s1. The Labute approximate surface area is 95.4 Å². The summed E-state index contributed by atoms with van der Waals surface area (Å²) in [6.07, 6.45) is 0. The van der Waals surface area contributed by atoms with Gasteiger partial charge in [0.15, 0.2) is 0 Å². The van der Waals surface area contributed by atoms with Gasteiger partial charge in [0.1, 0.15) is 0 Å². The highest BCUT2D eigenvalue weighted by atomic mass is 16.2. The molecule has 0 spiro atoms. The number of nitrogens with one attached hydrogen (secondary N) is 1. The van der Waals surface area contributed by atoms with E-state index in [9.17, 15) is 4.79 Å². The minimum absolute atomic E-state index is 0.0128. The van der Waals surface area contributed by atoms with Crippen LogP contribution in [0.3, 0.4) is 0 Å². The second-order valence-corrected chi connectivity index (χ2v) is 4.12. The average molecular weight is 219 g/mol. The second-order valence-electron chi connectivity index (χ2n) is 4.12. The fraction of sp³-hybridized carbons (Fsp3) is 0.417. The van der Waals surface area contributed by atoms with E-state index in [1.807, 2.05) is 31.2 Å². The van der Waals surface area contributed by atoms with Crippen LogP contribution in [0.2, 0.25) is 0 Å². The van der Waals surface area contributed by atoms with Crippen molar-refractivity contribution in [3.8, 4) is 0 Å². The van der Waals surface area contributed by atoms with Gasteiger partial charge < -0.3 is 16.0 Å². The van der Waals surface area contributed by atoms with E-state index in [0.29, 0.717) is 13.1 Å². The van der Waals surface area contributed by atoms with Crippen LogP contribution in [0.15, 0.2) is 24.3 Å². The molecule has 1 fully saturated rings. The van der Waals surface area contributed by atoms with Crippen molar-refractivity contribution in [2.75, 3.05) is 24.5 Å². The fourth-order valence-electron chi connectivity index (χ4n) is 2.00. The summed E-state index contributed by atoms with van der Waals surface area (Å²) >= 11 is 0. The molecule has 4 nitrogen and oxygen atoms in total. The van der Waals surface area contributed by atoms with Gasteiger partial charge in [0, 0.05) is 24.8 Å². The molecule has 2 rings (SSSR count). The van der Waals surface area contributed by atoms with Gasteiger partial charge in [0.05, 0.1) is 6.54 Å². The molecule has 0 bridgehead atoms. The van der Waals surface area contributed by atoms with Crippen LogP contribution >= 0.6 is 0 Å². The van der Waals surface area contributed by atoms with Crippen molar-refractivity contribution < 1.29 is 4.79 Å². The Morgan fingerprint density at radius 1 is 1.44 bits per heavy atom. The van der Waals surface area contributed by atoms with Gasteiger partial charge >= 0.3 is 0 Å². The zero-order chi connectivity index (χ0) is 11.5. The van der Waals surface area contributed by atoms with Gasteiger partial charge in [-0.1, -0.05) is 18.2 Å². The van der Waals surface area contributed by atoms with Crippen LogP contribution in [0.25, 0.3) is 0 Å². The molecule has 1 aromatic rings. The fourth-order valence-corrected chi connectivity index (χ4v) is 2.00. The number of piperazine rings is 1. The normalized spacial score (nSPS) is 18.1. The molecule has 1 heterocycles. The summed E-state index contributed by atoms with van der Waals surface area (Å²) in [6.45, 7) is 3.92. The molecule has 16 heavy (non-hydrogen) atoms. The van der Waals surface area contributed by atoms with Gasteiger partial charge in [-0.3, -0.25) is 4.79 Å². The van der Waals surface area contributed by atoms with Gasteiger partial charge in [-0.2, -0.15) is 0 Å². The molecule has 0 aromatic heterocycles. The number of hydrogen-bond donors (Lipinski definition) is 2. The number of rotatable bonds is 2. The summed E-state index contributed by atoms with van der Waals surface area (Å²) in [6, 6.07) is 7.99. The van der Waals surface area contributed by atoms with Crippen molar-refractivity contribution in [1.82, 2.24) is 5.32 Å². The Morgan fingerprint density at radius 2 is 2.19 bits per heavy atom. The number of hydrogen-bond acceptors (Lipinski definition) is 3. The van der Waals surface area contributed by atoms with Crippen LogP contribution in [0.4, 0.5) is 5.69 Å². The first-order valence-electron chi connectivity index (χ1n) is 5.54. The molecule has 0 radical (unpaired) electrons. The Kier molecular flexibility index (Phi) is 3.10. The molecular formula is C12H17N3O. The second kappa shape index (κ2) is 4.53. The van der Waals surface area contributed by atoms with Crippen LogP contribution < -0.4 is 16.0 Å². The summed E-state index contributed by atoms with van der Waals surface area (Å²) < 4.78 is 0. The molecule has 86 valence electrons. The molecule has 4 heteroatoms. The first-order valence-corrected chi connectivity index (χ1v) is 5.54. The third-order valence-corrected chi connectivity index (χ3v) is 2.81. The monoisotopic (exact) mass is 219 g/mol. The molecule has 0 unspecified atom stereocenters. The van der Waals surface area contributed by atoms with Crippen molar-refractivity contribution in [2.45, 2.75) is 13.0 Å². The molecule has 1 aliphatic heterocycles. The lowest BCUT2D eigenvalue weighted by Gasteiger charge is -2.31. The van der Waals surface area contributed by atoms with Gasteiger partial charge in [-0.25, -0.2) is 0 Å². The number of amides is 1. The topological polar surface area (TPSA) is 58.4 Å². The maximum absolute atomic E-state index is 11.3. The number of anilines is 1. The molecule has 0 aliphatic carbocycles. The van der Waals surface area contributed by atoms with Gasteiger partial charge in [0.2, 0.25) is 5.91 Å². The van der Waals surface area contributed by atoms with Crippen molar-refractivity contribution in [2.24, 2.45) is 5.73 Å². The van der Waals surface area contributed by atoms with E-state index in [0.717, 1.165) is 17.8 Å². The molecule has 0 saturated carbocycles. The Morgan fingerprint density at radius 3 is 2.88 bits per heavy atom. The predicted molar refractivity (Wildman–Crippen MR) is 64.3 cm³/mol. The summed E-state index contributed by atoms with van der Waals surface area (Å²) in [7, 11) is 0. The zero-order valence-corrected chi connectivity index (χ0v) is 9.44. The Balaban J connectivity index is 2.28. The minimum atomic E-state index is -0.0128. The maximum atomic E-state index is 11.3. The third-order valence-electron chi connectivity index (χ3n) is 2.81. The highest BCUT2D eigenvalue weighted by molar-refractivity contribution is 5.83. The Hall–Kier alpha value is -1.55. The number of nitrogens with two attached hydrogens (primary N) is 1. The van der Waals surface area contributed by atoms with Gasteiger partial charge in [-0.05, 0) is 18.6 Å². The lowest BCUT2D eigenvalue weighted by molar-refractivity contribution is -0.120. The quantitative estimate of drug-likeness (QED) is 0.767. The molecule has 1 aromatic carbocycles. The molecule has 1 amide bonds. The summed E-state index contributed by atoms with van der Waals surface area (Å²) in [5, 5.41) is 2.82. The summed E-state index contributed by atoms with van der Waals surface area (Å²) in [5.74, 6) is 0.0747. The Bertz CT molecular complexity index is 390. The van der Waals surface area contributed by atoms with Gasteiger partial charge in [-0.15, -0.1) is 0 Å². The number of nitrogens with zero attached hydrogens (tertiary/aromatic N) is 1. The summed E-state index contributed by atoms with van der Waals surface area (Å²) in [5.41, 5.74) is 8.10. The highest BCUT2D eigenvalue weighted by Gasteiger charge is 2.19. The van der Waals surface area contributed by atoms with Crippen molar-refractivity contribution in [3.63, 3.8) is 0 Å². The third kappa shape index (κ3) is 2.17. The highest BCUT2D eigenvalue weighted by Crippen LogP contribution is 2.25. The van der Waals surface area contributed by atoms with Crippen LogP contribution in [-0.2, 0) is 4.79 Å². The van der Waals surface area contributed by atoms with E-state index in [1.54, 1.807) is 0 Å². The van der Waals surface area contributed by atoms with Crippen LogP contribution in [0.1, 0.15) is 18.5 Å². The molecule has 1 aliphatic rings. The number of carbonyl (C=O) groups is 1. The minimum Gasteiger partial charge on any atom is -0.360 e. The van der Waals surface area contributed by atoms with E-state index in [-0.39, 0.29) is 11.9 Å². The number of benzene rings is 1. The first-order chi connectivity index (χ1) is 7.68. The van der Waals surface area contributed by atoms with Crippen LogP contribution in [0, 0.1) is 0 Å². The van der Waals surface area contributed by atoms with E-state index in [4.69, 9.17) is 5.73 Å². The molecular weight excluding hydrogens is 202 g/mol. The van der Waals surface area contributed by atoms with Crippen molar-refractivity contribution in [1.29, 1.82) is 0 Å². The summed E-state index contributed by atoms with van der Waals surface area (Å²) in [4.78, 5) is 13.4. The number of para-hydroxylation sites is 1. The van der Waals surface area contributed by atoms with E-state index >= 15 is 0 Å². The van der Waals surface area contributed by atoms with Crippen LogP contribution in [0.5, 0.6) is 0 Å².